The summed E-state index contributed by atoms with van der Waals surface area (Å²) in [7, 11) is 1.86. The predicted molar refractivity (Wildman–Crippen MR) is 132 cm³/mol. The molecule has 0 radical (unpaired) electrons. The number of carbonyl (C=O) groups excluding carboxylic acids is 1. The summed E-state index contributed by atoms with van der Waals surface area (Å²) in [6.07, 6.45) is 3.75. The van der Waals surface area contributed by atoms with Crippen LogP contribution in [0, 0.1) is 0 Å². The van der Waals surface area contributed by atoms with Gasteiger partial charge in [-0.25, -0.2) is 0 Å². The third-order valence-electron chi connectivity index (χ3n) is 6.25. The molecule has 1 aromatic heterocycles. The van der Waals surface area contributed by atoms with Crippen molar-refractivity contribution in [1.29, 1.82) is 0 Å². The summed E-state index contributed by atoms with van der Waals surface area (Å²) in [4.78, 5) is 25.8. The summed E-state index contributed by atoms with van der Waals surface area (Å²) >= 11 is 0. The number of benzene rings is 3. The maximum atomic E-state index is 13.0. The molecule has 6 nitrogen and oxygen atoms in total. The molecule has 1 aliphatic rings. The van der Waals surface area contributed by atoms with E-state index in [4.69, 9.17) is 4.74 Å². The standard InChI is InChI=1S/C28H28N4O2/c1-31(18-21-11-12-24-25(17-21)30-15-14-29-24)28(33)13-16-32-19-23-9-5-6-10-26(23)34-27(20-32)22-7-3-2-4-8-22/h2-12,14-15,17,27H,13,16,18-20H2,1H3/t27-/m0/s1. The van der Waals surface area contributed by atoms with Crippen LogP contribution >= 0.6 is 0 Å². The van der Waals surface area contributed by atoms with Crippen LogP contribution in [0.3, 0.4) is 0 Å². The Balaban J connectivity index is 1.24. The number of aromatic nitrogens is 2. The summed E-state index contributed by atoms with van der Waals surface area (Å²) in [5.41, 5.74) is 5.05. The van der Waals surface area contributed by atoms with Gasteiger partial charge in [-0.05, 0) is 29.3 Å². The fourth-order valence-corrected chi connectivity index (χ4v) is 4.41. The van der Waals surface area contributed by atoms with E-state index in [9.17, 15) is 4.79 Å². The highest BCUT2D eigenvalue weighted by Crippen LogP contribution is 2.31. The molecule has 1 atom stereocenters. The summed E-state index contributed by atoms with van der Waals surface area (Å²) in [5, 5.41) is 0. The zero-order valence-electron chi connectivity index (χ0n) is 19.3. The van der Waals surface area contributed by atoms with Gasteiger partial charge >= 0.3 is 0 Å². The van der Waals surface area contributed by atoms with Gasteiger partial charge in [0, 0.05) is 57.6 Å². The Kier molecular flexibility index (Phi) is 6.49. The second-order valence-corrected chi connectivity index (χ2v) is 8.74. The van der Waals surface area contributed by atoms with E-state index in [1.807, 2.05) is 61.6 Å². The number of fused-ring (bicyclic) bond motifs is 2. The lowest BCUT2D eigenvalue weighted by molar-refractivity contribution is -0.130. The van der Waals surface area contributed by atoms with E-state index in [1.54, 1.807) is 17.3 Å². The molecule has 3 aromatic carbocycles. The van der Waals surface area contributed by atoms with Gasteiger partial charge in [-0.3, -0.25) is 19.7 Å². The van der Waals surface area contributed by atoms with Crippen LogP contribution < -0.4 is 4.74 Å². The highest BCUT2D eigenvalue weighted by molar-refractivity contribution is 5.77. The van der Waals surface area contributed by atoms with Crippen LogP contribution in [0.15, 0.2) is 85.2 Å². The van der Waals surface area contributed by atoms with E-state index in [0.29, 0.717) is 19.5 Å². The van der Waals surface area contributed by atoms with E-state index in [1.165, 1.54) is 0 Å². The third kappa shape index (κ3) is 5.07. The third-order valence-corrected chi connectivity index (χ3v) is 6.25. The lowest BCUT2D eigenvalue weighted by Crippen LogP contribution is -2.33. The average molecular weight is 453 g/mol. The number of hydrogen-bond acceptors (Lipinski definition) is 5. The Morgan fingerprint density at radius 1 is 1.00 bits per heavy atom. The van der Waals surface area contributed by atoms with Gasteiger partial charge in [0.15, 0.2) is 0 Å². The number of ether oxygens (including phenoxy) is 1. The molecule has 1 amide bonds. The molecule has 0 unspecified atom stereocenters. The first-order valence-corrected chi connectivity index (χ1v) is 11.6. The SMILES string of the molecule is CN(Cc1ccc2nccnc2c1)C(=O)CCN1Cc2ccccc2O[C@H](c2ccccc2)C1. The monoisotopic (exact) mass is 452 g/mol. The van der Waals surface area contributed by atoms with Crippen molar-refractivity contribution >= 4 is 16.9 Å². The van der Waals surface area contributed by atoms with Crippen LogP contribution in [0.1, 0.15) is 29.2 Å². The van der Waals surface area contributed by atoms with E-state index in [2.05, 4.69) is 33.1 Å². The molecule has 0 spiro atoms. The molecule has 1 aliphatic heterocycles. The van der Waals surface area contributed by atoms with Gasteiger partial charge in [-0.2, -0.15) is 0 Å². The Bertz CT molecular complexity index is 1280. The normalized spacial score (nSPS) is 15.9. The van der Waals surface area contributed by atoms with E-state index < -0.39 is 0 Å². The number of rotatable bonds is 6. The number of para-hydroxylation sites is 1. The molecule has 2 heterocycles. The summed E-state index contributed by atoms with van der Waals surface area (Å²) in [6.45, 7) is 2.72. The lowest BCUT2D eigenvalue weighted by atomic mass is 10.1. The van der Waals surface area contributed by atoms with Gasteiger partial charge in [0.05, 0.1) is 11.0 Å². The second-order valence-electron chi connectivity index (χ2n) is 8.74. The smallest absolute Gasteiger partial charge is 0.223 e. The predicted octanol–water partition coefficient (Wildman–Crippen LogP) is 4.61. The molecule has 5 rings (SSSR count). The Labute approximate surface area is 199 Å². The number of hydrogen-bond donors (Lipinski definition) is 0. The molecule has 0 saturated carbocycles. The van der Waals surface area contributed by atoms with Crippen LogP contribution in [-0.2, 0) is 17.9 Å². The van der Waals surface area contributed by atoms with Crippen molar-refractivity contribution in [3.8, 4) is 5.75 Å². The highest BCUT2D eigenvalue weighted by Gasteiger charge is 2.24. The van der Waals surface area contributed by atoms with Crippen molar-refractivity contribution in [3.63, 3.8) is 0 Å². The number of nitrogens with zero attached hydrogens (tertiary/aromatic N) is 4. The molecule has 6 heteroatoms. The molecule has 4 aromatic rings. The van der Waals surface area contributed by atoms with Crippen LogP contribution in [0.25, 0.3) is 11.0 Å². The minimum absolute atomic E-state index is 0.0728. The van der Waals surface area contributed by atoms with Gasteiger partial charge in [0.1, 0.15) is 11.9 Å². The largest absolute Gasteiger partial charge is 0.484 e. The number of carbonyl (C=O) groups is 1. The van der Waals surface area contributed by atoms with Crippen molar-refractivity contribution in [2.24, 2.45) is 0 Å². The van der Waals surface area contributed by atoms with Crippen molar-refractivity contribution in [2.45, 2.75) is 25.6 Å². The fraction of sp³-hybridized carbons (Fsp3) is 0.250. The quantitative estimate of drug-likeness (QED) is 0.427. The zero-order valence-corrected chi connectivity index (χ0v) is 19.3. The highest BCUT2D eigenvalue weighted by atomic mass is 16.5. The first-order chi connectivity index (χ1) is 16.7. The Morgan fingerprint density at radius 3 is 2.62 bits per heavy atom. The molecule has 0 N–H and O–H groups in total. The van der Waals surface area contributed by atoms with Gasteiger partial charge in [0.25, 0.3) is 0 Å². The van der Waals surface area contributed by atoms with Crippen molar-refractivity contribution in [2.75, 3.05) is 20.1 Å². The summed E-state index contributed by atoms with van der Waals surface area (Å²) < 4.78 is 6.39. The van der Waals surface area contributed by atoms with Crippen molar-refractivity contribution < 1.29 is 9.53 Å². The Morgan fingerprint density at radius 2 is 1.76 bits per heavy atom. The van der Waals surface area contributed by atoms with E-state index in [-0.39, 0.29) is 12.0 Å². The topological polar surface area (TPSA) is 58.6 Å². The molecule has 172 valence electrons. The molecule has 0 aliphatic carbocycles. The van der Waals surface area contributed by atoms with Crippen LogP contribution in [0.4, 0.5) is 0 Å². The molecular weight excluding hydrogens is 424 g/mol. The first kappa shape index (κ1) is 22.0. The lowest BCUT2D eigenvalue weighted by Gasteiger charge is -2.25. The molecule has 0 fully saturated rings. The zero-order chi connectivity index (χ0) is 23.3. The maximum Gasteiger partial charge on any atom is 0.223 e. The molecule has 34 heavy (non-hydrogen) atoms. The summed E-state index contributed by atoms with van der Waals surface area (Å²) in [6, 6.07) is 24.4. The van der Waals surface area contributed by atoms with Crippen molar-refractivity contribution in [1.82, 2.24) is 19.8 Å². The summed E-state index contributed by atoms with van der Waals surface area (Å²) in [5.74, 6) is 1.04. The second kappa shape index (κ2) is 10.0. The maximum absolute atomic E-state index is 13.0. The van der Waals surface area contributed by atoms with E-state index >= 15 is 0 Å². The molecule has 0 bridgehead atoms. The minimum atomic E-state index is -0.0728. The van der Waals surface area contributed by atoms with Crippen LogP contribution in [-0.4, -0.2) is 45.8 Å². The number of amides is 1. The molecule has 0 saturated heterocycles. The van der Waals surface area contributed by atoms with Gasteiger partial charge < -0.3 is 9.64 Å². The van der Waals surface area contributed by atoms with Crippen LogP contribution in [0.5, 0.6) is 5.75 Å². The van der Waals surface area contributed by atoms with Crippen molar-refractivity contribution in [3.05, 3.63) is 102 Å². The van der Waals surface area contributed by atoms with Gasteiger partial charge in [-0.15, -0.1) is 0 Å². The van der Waals surface area contributed by atoms with Crippen LogP contribution in [0.2, 0.25) is 0 Å². The van der Waals surface area contributed by atoms with Gasteiger partial charge in [-0.1, -0.05) is 54.6 Å². The Hall–Kier alpha value is -3.77. The first-order valence-electron chi connectivity index (χ1n) is 11.6. The fourth-order valence-electron chi connectivity index (χ4n) is 4.41. The van der Waals surface area contributed by atoms with E-state index in [0.717, 1.165) is 46.6 Å². The minimum Gasteiger partial charge on any atom is -0.484 e. The molecular formula is C28H28N4O2. The average Bonchev–Trinajstić information content (AvgIpc) is 3.07. The van der Waals surface area contributed by atoms with Gasteiger partial charge in [0.2, 0.25) is 5.91 Å².